The summed E-state index contributed by atoms with van der Waals surface area (Å²) < 4.78 is 4.55. The van der Waals surface area contributed by atoms with E-state index in [1.165, 1.54) is 7.11 Å². The van der Waals surface area contributed by atoms with Crippen LogP contribution in [0.2, 0.25) is 5.15 Å². The summed E-state index contributed by atoms with van der Waals surface area (Å²) in [6.45, 7) is 0. The van der Waals surface area contributed by atoms with E-state index in [2.05, 4.69) is 14.7 Å². The van der Waals surface area contributed by atoms with Crippen molar-refractivity contribution in [2.24, 2.45) is 0 Å². The molecule has 0 saturated carbocycles. The molecule has 0 radical (unpaired) electrons. The zero-order valence-corrected chi connectivity index (χ0v) is 8.65. The van der Waals surface area contributed by atoms with Crippen LogP contribution in [0, 0.1) is 0 Å². The standard InChI is InChI=1S/C10H7ClN2O2/c1-15-10(14)8-5-7-6(9(11)13-8)3-2-4-12-7/h2-5H,1H3. The third kappa shape index (κ3) is 1.76. The average molecular weight is 223 g/mol. The van der Waals surface area contributed by atoms with Gasteiger partial charge in [-0.15, -0.1) is 0 Å². The minimum absolute atomic E-state index is 0.161. The first-order valence-corrected chi connectivity index (χ1v) is 4.60. The number of carbonyl (C=O) groups is 1. The Balaban J connectivity index is 2.67. The van der Waals surface area contributed by atoms with Gasteiger partial charge in [-0.2, -0.15) is 0 Å². The highest BCUT2D eigenvalue weighted by molar-refractivity contribution is 6.34. The lowest BCUT2D eigenvalue weighted by molar-refractivity contribution is 0.0594. The number of aromatic nitrogens is 2. The normalized spacial score (nSPS) is 10.3. The summed E-state index contributed by atoms with van der Waals surface area (Å²) in [7, 11) is 1.29. The topological polar surface area (TPSA) is 52.1 Å². The first-order chi connectivity index (χ1) is 7.22. The molecule has 0 saturated heterocycles. The number of pyridine rings is 2. The lowest BCUT2D eigenvalue weighted by Gasteiger charge is -2.02. The molecule has 0 unspecified atom stereocenters. The predicted octanol–water partition coefficient (Wildman–Crippen LogP) is 2.07. The molecule has 2 aromatic heterocycles. The average Bonchev–Trinajstić information content (AvgIpc) is 2.28. The first-order valence-electron chi connectivity index (χ1n) is 4.22. The maximum absolute atomic E-state index is 11.2. The fraction of sp³-hybridized carbons (Fsp3) is 0.100. The number of ether oxygens (including phenoxy) is 1. The minimum atomic E-state index is -0.524. The van der Waals surface area contributed by atoms with Crippen molar-refractivity contribution in [1.82, 2.24) is 9.97 Å². The highest BCUT2D eigenvalue weighted by atomic mass is 35.5. The van der Waals surface area contributed by atoms with Crippen LogP contribution in [0.1, 0.15) is 10.5 Å². The number of carbonyl (C=O) groups excluding carboxylic acids is 1. The summed E-state index contributed by atoms with van der Waals surface area (Å²) in [5.74, 6) is -0.524. The van der Waals surface area contributed by atoms with Crippen LogP contribution in [0.15, 0.2) is 24.4 Å². The number of esters is 1. The second-order valence-corrected chi connectivity index (χ2v) is 3.22. The molecule has 0 aliphatic rings. The number of nitrogens with zero attached hydrogens (tertiary/aromatic N) is 2. The Hall–Kier alpha value is -1.68. The molecular weight excluding hydrogens is 216 g/mol. The Morgan fingerprint density at radius 2 is 2.33 bits per heavy atom. The molecule has 4 nitrogen and oxygen atoms in total. The van der Waals surface area contributed by atoms with Crippen molar-refractivity contribution in [3.05, 3.63) is 35.2 Å². The number of halogens is 1. The largest absolute Gasteiger partial charge is 0.464 e. The van der Waals surface area contributed by atoms with E-state index in [4.69, 9.17) is 11.6 Å². The van der Waals surface area contributed by atoms with Crippen LogP contribution in [0.3, 0.4) is 0 Å². The van der Waals surface area contributed by atoms with Crippen LogP contribution in [-0.2, 0) is 4.74 Å². The Morgan fingerprint density at radius 3 is 3.07 bits per heavy atom. The van der Waals surface area contributed by atoms with E-state index in [9.17, 15) is 4.79 Å². The molecule has 0 bridgehead atoms. The molecule has 0 aliphatic carbocycles. The molecule has 0 N–H and O–H groups in total. The van der Waals surface area contributed by atoms with Crippen LogP contribution in [0.4, 0.5) is 0 Å². The van der Waals surface area contributed by atoms with Gasteiger partial charge in [0.15, 0.2) is 5.69 Å². The molecule has 2 aromatic rings. The fourth-order valence-electron chi connectivity index (χ4n) is 1.24. The van der Waals surface area contributed by atoms with Gasteiger partial charge in [-0.25, -0.2) is 9.78 Å². The lowest BCUT2D eigenvalue weighted by atomic mass is 10.2. The highest BCUT2D eigenvalue weighted by Gasteiger charge is 2.11. The Labute approximate surface area is 90.9 Å². The number of methoxy groups -OCH3 is 1. The zero-order valence-electron chi connectivity index (χ0n) is 7.90. The van der Waals surface area contributed by atoms with E-state index in [1.807, 2.05) is 0 Å². The van der Waals surface area contributed by atoms with E-state index >= 15 is 0 Å². The van der Waals surface area contributed by atoms with Crippen LogP contribution >= 0.6 is 11.6 Å². The number of hydrogen-bond donors (Lipinski definition) is 0. The van der Waals surface area contributed by atoms with Gasteiger partial charge in [-0.1, -0.05) is 11.6 Å². The summed E-state index contributed by atoms with van der Waals surface area (Å²) in [4.78, 5) is 19.2. The van der Waals surface area contributed by atoms with Gasteiger partial charge < -0.3 is 4.74 Å². The number of fused-ring (bicyclic) bond motifs is 1. The van der Waals surface area contributed by atoms with Gasteiger partial charge in [0.25, 0.3) is 0 Å². The van der Waals surface area contributed by atoms with Gasteiger partial charge in [-0.05, 0) is 18.2 Å². The fourth-order valence-corrected chi connectivity index (χ4v) is 1.49. The summed E-state index contributed by atoms with van der Waals surface area (Å²) in [6, 6.07) is 5.10. The van der Waals surface area contributed by atoms with Gasteiger partial charge in [0.2, 0.25) is 0 Å². The SMILES string of the molecule is COC(=O)c1cc2ncccc2c(Cl)n1. The Morgan fingerprint density at radius 1 is 1.53 bits per heavy atom. The Kier molecular flexibility index (Phi) is 2.51. The number of rotatable bonds is 1. The van der Waals surface area contributed by atoms with E-state index < -0.39 is 5.97 Å². The molecule has 0 atom stereocenters. The molecule has 15 heavy (non-hydrogen) atoms. The van der Waals surface area contributed by atoms with Crippen molar-refractivity contribution >= 4 is 28.5 Å². The van der Waals surface area contributed by atoms with Crippen molar-refractivity contribution in [1.29, 1.82) is 0 Å². The molecule has 0 amide bonds. The van der Waals surface area contributed by atoms with E-state index in [0.29, 0.717) is 10.9 Å². The summed E-state index contributed by atoms with van der Waals surface area (Å²) in [6.07, 6.45) is 1.62. The zero-order chi connectivity index (χ0) is 10.8. The van der Waals surface area contributed by atoms with E-state index in [1.54, 1.807) is 24.4 Å². The van der Waals surface area contributed by atoms with Gasteiger partial charge in [0.05, 0.1) is 12.6 Å². The quantitative estimate of drug-likeness (QED) is 0.548. The summed E-state index contributed by atoms with van der Waals surface area (Å²) in [5.41, 5.74) is 0.784. The molecule has 0 aliphatic heterocycles. The molecule has 2 rings (SSSR count). The molecular formula is C10H7ClN2O2. The highest BCUT2D eigenvalue weighted by Crippen LogP contribution is 2.20. The third-order valence-corrected chi connectivity index (χ3v) is 2.24. The second-order valence-electron chi connectivity index (χ2n) is 2.86. The molecule has 76 valence electrons. The molecule has 0 fully saturated rings. The molecule has 5 heteroatoms. The van der Waals surface area contributed by atoms with Crippen LogP contribution in [0.5, 0.6) is 0 Å². The van der Waals surface area contributed by atoms with E-state index in [0.717, 1.165) is 0 Å². The maximum Gasteiger partial charge on any atom is 0.356 e. The van der Waals surface area contributed by atoms with Gasteiger partial charge >= 0.3 is 5.97 Å². The van der Waals surface area contributed by atoms with Crippen molar-refractivity contribution in [3.8, 4) is 0 Å². The summed E-state index contributed by atoms with van der Waals surface area (Å²) >= 11 is 5.90. The van der Waals surface area contributed by atoms with Crippen molar-refractivity contribution in [2.45, 2.75) is 0 Å². The van der Waals surface area contributed by atoms with Gasteiger partial charge in [0.1, 0.15) is 5.15 Å². The van der Waals surface area contributed by atoms with Crippen molar-refractivity contribution in [3.63, 3.8) is 0 Å². The number of hydrogen-bond acceptors (Lipinski definition) is 4. The molecule has 0 aromatic carbocycles. The van der Waals surface area contributed by atoms with Gasteiger partial charge in [-0.3, -0.25) is 4.98 Å². The smallest absolute Gasteiger partial charge is 0.356 e. The van der Waals surface area contributed by atoms with Crippen molar-refractivity contribution in [2.75, 3.05) is 7.11 Å². The lowest BCUT2D eigenvalue weighted by Crippen LogP contribution is -2.04. The minimum Gasteiger partial charge on any atom is -0.464 e. The molecule has 2 heterocycles. The monoisotopic (exact) mass is 222 g/mol. The summed E-state index contributed by atoms with van der Waals surface area (Å²) in [5, 5.41) is 0.966. The van der Waals surface area contributed by atoms with Crippen molar-refractivity contribution < 1.29 is 9.53 Å². The molecule has 0 spiro atoms. The Bertz CT molecular complexity index is 528. The van der Waals surface area contributed by atoms with Crippen LogP contribution < -0.4 is 0 Å². The van der Waals surface area contributed by atoms with Gasteiger partial charge in [0, 0.05) is 11.6 Å². The van der Waals surface area contributed by atoms with E-state index in [-0.39, 0.29) is 10.8 Å². The van der Waals surface area contributed by atoms with Crippen LogP contribution in [0.25, 0.3) is 10.9 Å². The van der Waals surface area contributed by atoms with Crippen LogP contribution in [-0.4, -0.2) is 23.0 Å². The predicted molar refractivity (Wildman–Crippen MR) is 55.9 cm³/mol. The first kappa shape index (κ1) is 9.86. The maximum atomic E-state index is 11.2. The second kappa shape index (κ2) is 3.82. The third-order valence-electron chi connectivity index (χ3n) is 1.95.